The summed E-state index contributed by atoms with van der Waals surface area (Å²) in [6.07, 6.45) is 0. The van der Waals surface area contributed by atoms with Gasteiger partial charge in [0, 0.05) is 18.5 Å². The molecular weight excluding hydrogens is 380 g/mol. The third-order valence-electron chi connectivity index (χ3n) is 4.25. The average molecular weight is 406 g/mol. The van der Waals surface area contributed by atoms with E-state index in [9.17, 15) is 4.79 Å². The van der Waals surface area contributed by atoms with Gasteiger partial charge in [-0.1, -0.05) is 30.3 Å². The number of rotatable bonds is 11. The minimum Gasteiger partial charge on any atom is -0.491 e. The Labute approximate surface area is 176 Å². The van der Waals surface area contributed by atoms with Crippen LogP contribution in [0.15, 0.2) is 78.9 Å². The summed E-state index contributed by atoms with van der Waals surface area (Å²) in [6.45, 7) is 1.70. The zero-order valence-electron chi connectivity index (χ0n) is 17.0. The minimum absolute atomic E-state index is 0.132. The van der Waals surface area contributed by atoms with Crippen LogP contribution in [0.5, 0.6) is 11.5 Å². The Balaban J connectivity index is 1.40. The van der Waals surface area contributed by atoms with Crippen molar-refractivity contribution in [3.63, 3.8) is 0 Å². The SMILES string of the molecule is COCCOc1ccc(NC(=O)CNc2ccc(OCc3ccccc3)cc2)cc1. The Kier molecular flexibility index (Phi) is 8.12. The predicted octanol–water partition coefficient (Wildman–Crippen LogP) is 4.34. The second-order valence-electron chi connectivity index (χ2n) is 6.57. The largest absolute Gasteiger partial charge is 0.491 e. The van der Waals surface area contributed by atoms with E-state index in [4.69, 9.17) is 14.2 Å². The Morgan fingerprint density at radius 1 is 0.767 bits per heavy atom. The van der Waals surface area contributed by atoms with Crippen molar-refractivity contribution in [3.8, 4) is 11.5 Å². The molecule has 0 aliphatic carbocycles. The van der Waals surface area contributed by atoms with Crippen LogP contribution < -0.4 is 20.1 Å². The van der Waals surface area contributed by atoms with E-state index in [2.05, 4.69) is 10.6 Å². The molecule has 2 N–H and O–H groups in total. The summed E-state index contributed by atoms with van der Waals surface area (Å²) < 4.78 is 16.2. The number of hydrogen-bond acceptors (Lipinski definition) is 5. The fraction of sp³-hybridized carbons (Fsp3) is 0.208. The minimum atomic E-state index is -0.132. The van der Waals surface area contributed by atoms with Gasteiger partial charge in [-0.25, -0.2) is 0 Å². The maximum atomic E-state index is 12.2. The molecule has 6 heteroatoms. The monoisotopic (exact) mass is 406 g/mol. The molecule has 0 unspecified atom stereocenters. The quantitative estimate of drug-likeness (QED) is 0.464. The lowest BCUT2D eigenvalue weighted by molar-refractivity contribution is -0.114. The third kappa shape index (κ3) is 7.14. The highest BCUT2D eigenvalue weighted by Gasteiger charge is 2.04. The van der Waals surface area contributed by atoms with E-state index in [1.807, 2.05) is 66.7 Å². The highest BCUT2D eigenvalue weighted by Crippen LogP contribution is 2.18. The number of benzene rings is 3. The summed E-state index contributed by atoms with van der Waals surface area (Å²) >= 11 is 0. The highest BCUT2D eigenvalue weighted by atomic mass is 16.5. The van der Waals surface area contributed by atoms with Gasteiger partial charge < -0.3 is 24.8 Å². The zero-order valence-corrected chi connectivity index (χ0v) is 17.0. The fourth-order valence-electron chi connectivity index (χ4n) is 2.67. The van der Waals surface area contributed by atoms with Crippen molar-refractivity contribution in [2.45, 2.75) is 6.61 Å². The number of amides is 1. The van der Waals surface area contributed by atoms with Gasteiger partial charge in [-0.3, -0.25) is 4.79 Å². The summed E-state index contributed by atoms with van der Waals surface area (Å²) in [7, 11) is 1.63. The van der Waals surface area contributed by atoms with Crippen molar-refractivity contribution >= 4 is 17.3 Å². The molecular formula is C24H26N2O4. The van der Waals surface area contributed by atoms with Gasteiger partial charge in [0.15, 0.2) is 0 Å². The van der Waals surface area contributed by atoms with Gasteiger partial charge >= 0.3 is 0 Å². The second-order valence-corrected chi connectivity index (χ2v) is 6.57. The van der Waals surface area contributed by atoms with Crippen LogP contribution in [0.2, 0.25) is 0 Å². The Morgan fingerprint density at radius 3 is 2.07 bits per heavy atom. The van der Waals surface area contributed by atoms with Gasteiger partial charge in [0.25, 0.3) is 0 Å². The number of carbonyl (C=O) groups is 1. The van der Waals surface area contributed by atoms with Crippen LogP contribution in [0.1, 0.15) is 5.56 Å². The van der Waals surface area contributed by atoms with E-state index >= 15 is 0 Å². The molecule has 3 aromatic carbocycles. The maximum Gasteiger partial charge on any atom is 0.243 e. The number of ether oxygens (including phenoxy) is 3. The first-order chi connectivity index (χ1) is 14.7. The molecule has 0 heterocycles. The molecule has 30 heavy (non-hydrogen) atoms. The Bertz CT molecular complexity index is 897. The van der Waals surface area contributed by atoms with Crippen molar-refractivity contribution in [2.24, 2.45) is 0 Å². The normalized spacial score (nSPS) is 10.3. The van der Waals surface area contributed by atoms with Gasteiger partial charge in [-0.2, -0.15) is 0 Å². The summed E-state index contributed by atoms with van der Waals surface area (Å²) in [6, 6.07) is 24.8. The molecule has 6 nitrogen and oxygen atoms in total. The van der Waals surface area contributed by atoms with Crippen molar-refractivity contribution in [2.75, 3.05) is 37.5 Å². The van der Waals surface area contributed by atoms with Gasteiger partial charge in [-0.05, 0) is 54.1 Å². The lowest BCUT2D eigenvalue weighted by atomic mass is 10.2. The van der Waals surface area contributed by atoms with Gasteiger partial charge in [0.2, 0.25) is 5.91 Å². The summed E-state index contributed by atoms with van der Waals surface area (Å²) in [5.74, 6) is 1.38. The molecule has 0 radical (unpaired) electrons. The third-order valence-corrected chi connectivity index (χ3v) is 4.25. The topological polar surface area (TPSA) is 68.8 Å². The van der Waals surface area contributed by atoms with Crippen LogP contribution >= 0.6 is 0 Å². The van der Waals surface area contributed by atoms with Crippen LogP contribution in [0.3, 0.4) is 0 Å². The molecule has 0 saturated heterocycles. The number of methoxy groups -OCH3 is 1. The van der Waals surface area contributed by atoms with E-state index in [0.29, 0.717) is 25.5 Å². The average Bonchev–Trinajstić information content (AvgIpc) is 2.79. The van der Waals surface area contributed by atoms with Gasteiger partial charge in [0.1, 0.15) is 24.7 Å². The lowest BCUT2D eigenvalue weighted by Crippen LogP contribution is -2.21. The highest BCUT2D eigenvalue weighted by molar-refractivity contribution is 5.93. The molecule has 0 saturated carbocycles. The van der Waals surface area contributed by atoms with Crippen molar-refractivity contribution in [1.29, 1.82) is 0 Å². The van der Waals surface area contributed by atoms with Crippen molar-refractivity contribution < 1.29 is 19.0 Å². The van der Waals surface area contributed by atoms with Crippen LogP contribution in [-0.2, 0) is 16.1 Å². The first-order valence-electron chi connectivity index (χ1n) is 9.75. The first kappa shape index (κ1) is 21.2. The van der Waals surface area contributed by atoms with E-state index in [-0.39, 0.29) is 12.5 Å². The predicted molar refractivity (Wildman–Crippen MR) is 118 cm³/mol. The molecule has 0 fully saturated rings. The fourth-order valence-corrected chi connectivity index (χ4v) is 2.67. The summed E-state index contributed by atoms with van der Waals surface area (Å²) in [5.41, 5.74) is 2.68. The lowest BCUT2D eigenvalue weighted by Gasteiger charge is -2.10. The standard InChI is InChI=1S/C24H26N2O4/c1-28-15-16-29-22-13-9-21(10-14-22)26-24(27)17-25-20-7-11-23(12-8-20)30-18-19-5-3-2-4-6-19/h2-14,25H,15-18H2,1H3,(H,26,27). The van der Waals surface area contributed by atoms with E-state index < -0.39 is 0 Å². The van der Waals surface area contributed by atoms with Gasteiger partial charge in [-0.15, -0.1) is 0 Å². The smallest absolute Gasteiger partial charge is 0.243 e. The van der Waals surface area contributed by atoms with E-state index in [1.54, 1.807) is 19.2 Å². The number of carbonyl (C=O) groups excluding carboxylic acids is 1. The Hall–Kier alpha value is -3.51. The molecule has 0 aliphatic rings. The molecule has 3 rings (SSSR count). The van der Waals surface area contributed by atoms with Crippen molar-refractivity contribution in [3.05, 3.63) is 84.4 Å². The molecule has 1 amide bonds. The molecule has 0 spiro atoms. The second kappa shape index (κ2) is 11.5. The van der Waals surface area contributed by atoms with Crippen molar-refractivity contribution in [1.82, 2.24) is 0 Å². The van der Waals surface area contributed by atoms with E-state index in [0.717, 1.165) is 22.7 Å². The van der Waals surface area contributed by atoms with Crippen LogP contribution in [0, 0.1) is 0 Å². The van der Waals surface area contributed by atoms with Gasteiger partial charge in [0.05, 0.1) is 13.2 Å². The number of nitrogens with one attached hydrogen (secondary N) is 2. The maximum absolute atomic E-state index is 12.2. The van der Waals surface area contributed by atoms with Crippen LogP contribution in [0.25, 0.3) is 0 Å². The van der Waals surface area contributed by atoms with E-state index in [1.165, 1.54) is 0 Å². The molecule has 0 bridgehead atoms. The molecule has 3 aromatic rings. The number of hydrogen-bond donors (Lipinski definition) is 2. The number of anilines is 2. The molecule has 0 atom stereocenters. The zero-order chi connectivity index (χ0) is 21.0. The summed E-state index contributed by atoms with van der Waals surface area (Å²) in [4.78, 5) is 12.2. The van der Waals surface area contributed by atoms with Crippen LogP contribution in [0.4, 0.5) is 11.4 Å². The summed E-state index contributed by atoms with van der Waals surface area (Å²) in [5, 5.41) is 5.96. The molecule has 0 aliphatic heterocycles. The first-order valence-corrected chi connectivity index (χ1v) is 9.75. The Morgan fingerprint density at radius 2 is 1.40 bits per heavy atom. The van der Waals surface area contributed by atoms with Crippen LogP contribution in [-0.4, -0.2) is 32.8 Å². The molecule has 0 aromatic heterocycles. The molecule has 156 valence electrons.